The van der Waals surface area contributed by atoms with Crippen molar-refractivity contribution in [2.45, 2.75) is 45.6 Å². The Bertz CT molecular complexity index is 1200. The highest BCUT2D eigenvalue weighted by atomic mass is 16.5. The second-order valence-electron chi connectivity index (χ2n) is 8.53. The van der Waals surface area contributed by atoms with E-state index in [1.54, 1.807) is 4.90 Å². The number of aromatic nitrogens is 3. The molecule has 0 atom stereocenters. The van der Waals surface area contributed by atoms with Gasteiger partial charge in [0.25, 0.3) is 5.91 Å². The molecule has 2 amide bonds. The third-order valence-corrected chi connectivity index (χ3v) is 6.25. The zero-order chi connectivity index (χ0) is 22.8. The van der Waals surface area contributed by atoms with Gasteiger partial charge in [-0.2, -0.15) is 0 Å². The van der Waals surface area contributed by atoms with Gasteiger partial charge < -0.3 is 19.5 Å². The summed E-state index contributed by atoms with van der Waals surface area (Å²) >= 11 is 0. The van der Waals surface area contributed by atoms with Gasteiger partial charge in [-0.3, -0.25) is 9.59 Å². The first-order valence-corrected chi connectivity index (χ1v) is 11.5. The molecule has 2 aliphatic heterocycles. The summed E-state index contributed by atoms with van der Waals surface area (Å²) in [5, 5.41) is 11.8. The van der Waals surface area contributed by atoms with E-state index in [4.69, 9.17) is 4.74 Å². The number of hydrogen-bond acceptors (Lipinski definition) is 5. The van der Waals surface area contributed by atoms with E-state index in [0.717, 1.165) is 54.3 Å². The molecule has 0 radical (unpaired) electrons. The van der Waals surface area contributed by atoms with Crippen molar-refractivity contribution in [3.8, 4) is 17.1 Å². The minimum Gasteiger partial charge on any atom is -0.482 e. The predicted octanol–water partition coefficient (Wildman–Crippen LogP) is 3.73. The number of carbonyl (C=O) groups excluding carboxylic acids is 2. The smallest absolute Gasteiger partial charge is 0.265 e. The van der Waals surface area contributed by atoms with Crippen LogP contribution in [0.15, 0.2) is 42.5 Å². The van der Waals surface area contributed by atoms with Gasteiger partial charge in [-0.25, -0.2) is 0 Å². The molecule has 0 spiro atoms. The number of para-hydroxylation sites is 2. The summed E-state index contributed by atoms with van der Waals surface area (Å²) in [4.78, 5) is 26.8. The van der Waals surface area contributed by atoms with Gasteiger partial charge in [-0.15, -0.1) is 10.2 Å². The predicted molar refractivity (Wildman–Crippen MR) is 125 cm³/mol. The molecular weight excluding hydrogens is 418 g/mol. The molecule has 33 heavy (non-hydrogen) atoms. The van der Waals surface area contributed by atoms with Gasteiger partial charge in [0, 0.05) is 37.2 Å². The summed E-state index contributed by atoms with van der Waals surface area (Å²) < 4.78 is 7.67. The number of nitrogens with one attached hydrogen (secondary N) is 1. The Morgan fingerprint density at radius 3 is 2.91 bits per heavy atom. The van der Waals surface area contributed by atoms with Crippen LogP contribution in [0.25, 0.3) is 11.4 Å². The lowest BCUT2D eigenvalue weighted by atomic mass is 10.1. The monoisotopic (exact) mass is 445 g/mol. The Morgan fingerprint density at radius 2 is 2.00 bits per heavy atom. The van der Waals surface area contributed by atoms with Crippen molar-refractivity contribution in [2.24, 2.45) is 0 Å². The van der Waals surface area contributed by atoms with Gasteiger partial charge in [-0.1, -0.05) is 30.7 Å². The number of hydrogen-bond donors (Lipinski definition) is 1. The molecule has 8 nitrogen and oxygen atoms in total. The lowest BCUT2D eigenvalue weighted by Crippen LogP contribution is -2.40. The molecule has 0 saturated carbocycles. The van der Waals surface area contributed by atoms with Crippen LogP contribution in [0.2, 0.25) is 0 Å². The van der Waals surface area contributed by atoms with Gasteiger partial charge in [0.1, 0.15) is 11.6 Å². The quantitative estimate of drug-likeness (QED) is 0.646. The van der Waals surface area contributed by atoms with Crippen molar-refractivity contribution in [3.63, 3.8) is 0 Å². The van der Waals surface area contributed by atoms with Crippen LogP contribution in [-0.4, -0.2) is 39.7 Å². The van der Waals surface area contributed by atoms with E-state index >= 15 is 0 Å². The number of amides is 2. The second-order valence-corrected chi connectivity index (χ2v) is 8.53. The number of carbonyl (C=O) groups is 2. The minimum atomic E-state index is -0.146. The highest BCUT2D eigenvalue weighted by Crippen LogP contribution is 2.32. The number of ether oxygens (including phenoxy) is 1. The molecule has 3 aromatic rings. The van der Waals surface area contributed by atoms with E-state index in [1.807, 2.05) is 49.4 Å². The molecule has 0 unspecified atom stereocenters. The van der Waals surface area contributed by atoms with Crippen molar-refractivity contribution < 1.29 is 14.3 Å². The maximum Gasteiger partial charge on any atom is 0.265 e. The van der Waals surface area contributed by atoms with Crippen LogP contribution in [0.4, 0.5) is 11.4 Å². The molecule has 8 heteroatoms. The average molecular weight is 446 g/mol. The average Bonchev–Trinajstić information content (AvgIpc) is 3.07. The zero-order valence-corrected chi connectivity index (χ0v) is 18.7. The molecule has 0 fully saturated rings. The lowest BCUT2D eigenvalue weighted by Gasteiger charge is -2.29. The lowest BCUT2D eigenvalue weighted by molar-refractivity contribution is -0.121. The minimum absolute atomic E-state index is 0.0115. The van der Waals surface area contributed by atoms with Gasteiger partial charge in [0.2, 0.25) is 5.91 Å². The molecule has 0 saturated heterocycles. The molecule has 1 N–H and O–H groups in total. The summed E-state index contributed by atoms with van der Waals surface area (Å²) in [5.41, 5.74) is 3.36. The Hall–Kier alpha value is -3.68. The van der Waals surface area contributed by atoms with E-state index in [-0.39, 0.29) is 24.8 Å². The van der Waals surface area contributed by atoms with Crippen LogP contribution in [-0.2, 0) is 22.6 Å². The Morgan fingerprint density at radius 1 is 1.12 bits per heavy atom. The van der Waals surface area contributed by atoms with Crippen molar-refractivity contribution in [1.29, 1.82) is 0 Å². The Labute approximate surface area is 192 Å². The fraction of sp³-hybridized carbons (Fsp3) is 0.360. The van der Waals surface area contributed by atoms with Gasteiger partial charge in [0.15, 0.2) is 12.4 Å². The van der Waals surface area contributed by atoms with E-state index in [9.17, 15) is 9.59 Å². The summed E-state index contributed by atoms with van der Waals surface area (Å²) in [5.74, 6) is 2.25. The van der Waals surface area contributed by atoms with Crippen LogP contribution in [0, 0.1) is 6.92 Å². The van der Waals surface area contributed by atoms with Crippen molar-refractivity contribution in [1.82, 2.24) is 14.8 Å². The van der Waals surface area contributed by atoms with E-state index in [1.165, 1.54) is 6.42 Å². The number of nitrogens with zero attached hydrogens (tertiary/aromatic N) is 4. The second kappa shape index (κ2) is 9.05. The summed E-state index contributed by atoms with van der Waals surface area (Å²) in [6.45, 7) is 3.16. The summed E-state index contributed by atoms with van der Waals surface area (Å²) in [7, 11) is 0. The highest BCUT2D eigenvalue weighted by molar-refractivity contribution is 5.99. The Balaban J connectivity index is 1.30. The van der Waals surface area contributed by atoms with E-state index < -0.39 is 0 Å². The van der Waals surface area contributed by atoms with Crippen LogP contribution in [0.1, 0.15) is 37.1 Å². The fourth-order valence-electron chi connectivity index (χ4n) is 4.42. The van der Waals surface area contributed by atoms with Crippen LogP contribution < -0.4 is 15.0 Å². The van der Waals surface area contributed by atoms with Crippen LogP contribution in [0.3, 0.4) is 0 Å². The maximum absolute atomic E-state index is 12.8. The molecular formula is C25H27N5O3. The molecule has 3 heterocycles. The standard InChI is InChI=1S/C25H27N5O3/c1-17-10-11-18(25-28-27-22-9-3-2-6-13-30(22)25)15-19(17)26-23(31)12-14-29-20-7-4-5-8-21(20)33-16-24(29)32/h4-5,7-8,10-11,15H,2-3,6,9,12-14,16H2,1H3,(H,26,31). The SMILES string of the molecule is Cc1ccc(-c2nnc3n2CCCCC3)cc1NC(=O)CCN1C(=O)COc2ccccc21. The molecule has 0 bridgehead atoms. The van der Waals surface area contributed by atoms with Crippen molar-refractivity contribution in [3.05, 3.63) is 53.9 Å². The maximum atomic E-state index is 12.8. The fourth-order valence-corrected chi connectivity index (χ4v) is 4.42. The molecule has 2 aliphatic rings. The number of aryl methyl sites for hydroxylation is 2. The van der Waals surface area contributed by atoms with Crippen LogP contribution >= 0.6 is 0 Å². The summed E-state index contributed by atoms with van der Waals surface area (Å²) in [6, 6.07) is 13.4. The number of rotatable bonds is 5. The Kier molecular flexibility index (Phi) is 5.81. The third kappa shape index (κ3) is 4.33. The molecule has 0 aliphatic carbocycles. The first-order chi connectivity index (χ1) is 16.1. The number of fused-ring (bicyclic) bond motifs is 2. The van der Waals surface area contributed by atoms with Crippen molar-refractivity contribution >= 4 is 23.2 Å². The number of anilines is 2. The number of benzene rings is 2. The molecule has 170 valence electrons. The van der Waals surface area contributed by atoms with Crippen molar-refractivity contribution in [2.75, 3.05) is 23.4 Å². The summed E-state index contributed by atoms with van der Waals surface area (Å²) in [6.07, 6.45) is 4.60. The molecule has 2 aromatic carbocycles. The van der Waals surface area contributed by atoms with Gasteiger partial charge in [-0.05, 0) is 43.5 Å². The zero-order valence-electron chi connectivity index (χ0n) is 18.7. The van der Waals surface area contributed by atoms with Crippen LogP contribution in [0.5, 0.6) is 5.75 Å². The normalized spacial score (nSPS) is 15.3. The first kappa shape index (κ1) is 21.2. The highest BCUT2D eigenvalue weighted by Gasteiger charge is 2.25. The third-order valence-electron chi connectivity index (χ3n) is 6.25. The van der Waals surface area contributed by atoms with E-state index in [2.05, 4.69) is 20.1 Å². The van der Waals surface area contributed by atoms with E-state index in [0.29, 0.717) is 18.0 Å². The first-order valence-electron chi connectivity index (χ1n) is 11.5. The topological polar surface area (TPSA) is 89.4 Å². The van der Waals surface area contributed by atoms with Gasteiger partial charge >= 0.3 is 0 Å². The largest absolute Gasteiger partial charge is 0.482 e. The van der Waals surface area contributed by atoms with Gasteiger partial charge in [0.05, 0.1) is 5.69 Å². The molecule has 1 aromatic heterocycles. The molecule has 5 rings (SSSR count).